The van der Waals surface area contributed by atoms with Crippen LogP contribution in [0.25, 0.3) is 5.65 Å². The Morgan fingerprint density at radius 3 is 2.83 bits per heavy atom. The van der Waals surface area contributed by atoms with Crippen LogP contribution in [0.2, 0.25) is 0 Å². The third-order valence-electron chi connectivity index (χ3n) is 4.97. The van der Waals surface area contributed by atoms with Crippen LogP contribution in [-0.4, -0.2) is 41.8 Å². The first-order chi connectivity index (χ1) is 11.0. The van der Waals surface area contributed by atoms with E-state index in [1.807, 2.05) is 0 Å². The van der Waals surface area contributed by atoms with Gasteiger partial charge in [-0.1, -0.05) is 0 Å². The van der Waals surface area contributed by atoms with E-state index in [-0.39, 0.29) is 5.54 Å². The molecule has 3 heterocycles. The molecule has 2 aliphatic rings. The van der Waals surface area contributed by atoms with Gasteiger partial charge in [-0.3, -0.25) is 4.79 Å². The number of hydrogen-bond donors (Lipinski definition) is 1. The molecule has 2 aromatic heterocycles. The lowest BCUT2D eigenvalue weighted by atomic mass is 9.92. The zero-order valence-corrected chi connectivity index (χ0v) is 13.5. The van der Waals surface area contributed by atoms with Gasteiger partial charge >= 0.3 is 0 Å². The normalized spacial score (nSPS) is 29.3. The number of fused-ring (bicyclic) bond motifs is 1. The van der Waals surface area contributed by atoms with Crippen molar-refractivity contribution in [1.29, 1.82) is 0 Å². The van der Waals surface area contributed by atoms with E-state index in [4.69, 9.17) is 5.73 Å². The highest BCUT2D eigenvalue weighted by Gasteiger charge is 2.46. The van der Waals surface area contributed by atoms with Crippen LogP contribution >= 0.6 is 0 Å². The number of nitrogens with zero attached hydrogens (tertiary/aromatic N) is 4. The first-order valence-corrected chi connectivity index (χ1v) is 9.69. The second-order valence-corrected chi connectivity index (χ2v) is 9.07. The van der Waals surface area contributed by atoms with Gasteiger partial charge in [0.1, 0.15) is 5.56 Å². The fourth-order valence-electron chi connectivity index (χ4n) is 3.30. The monoisotopic (exact) mass is 333 g/mol. The van der Waals surface area contributed by atoms with Gasteiger partial charge in [0.15, 0.2) is 5.65 Å². The van der Waals surface area contributed by atoms with Crippen molar-refractivity contribution in [3.8, 4) is 0 Å². The SMILES string of the molecule is NC1(C2CCS(=O)(=NC(=O)c3cnn4cccnc34)CC2)CC1. The molecule has 1 aliphatic heterocycles. The van der Waals surface area contributed by atoms with Gasteiger partial charge in [-0.25, -0.2) is 13.7 Å². The predicted molar refractivity (Wildman–Crippen MR) is 86.5 cm³/mol. The summed E-state index contributed by atoms with van der Waals surface area (Å²) in [5.74, 6) is 0.835. The fourth-order valence-corrected chi connectivity index (χ4v) is 5.39. The number of rotatable bonds is 2. The minimum Gasteiger partial charge on any atom is -0.325 e. The summed E-state index contributed by atoms with van der Waals surface area (Å²) in [6.07, 6.45) is 8.43. The molecule has 1 saturated carbocycles. The summed E-state index contributed by atoms with van der Waals surface area (Å²) in [5, 5.41) is 4.07. The van der Waals surface area contributed by atoms with Gasteiger partial charge in [-0.05, 0) is 37.7 Å². The summed E-state index contributed by atoms with van der Waals surface area (Å²) in [7, 11) is -2.49. The van der Waals surface area contributed by atoms with E-state index in [0.717, 1.165) is 25.7 Å². The van der Waals surface area contributed by atoms with Crippen molar-refractivity contribution in [2.75, 3.05) is 11.5 Å². The smallest absolute Gasteiger partial charge is 0.290 e. The van der Waals surface area contributed by atoms with E-state index in [0.29, 0.717) is 28.6 Å². The van der Waals surface area contributed by atoms with Gasteiger partial charge in [-0.2, -0.15) is 9.46 Å². The van der Waals surface area contributed by atoms with Crippen LogP contribution in [0.4, 0.5) is 0 Å². The first kappa shape index (κ1) is 14.8. The average Bonchev–Trinajstić information content (AvgIpc) is 3.13. The largest absolute Gasteiger partial charge is 0.325 e. The lowest BCUT2D eigenvalue weighted by Crippen LogP contribution is -2.38. The molecule has 0 spiro atoms. The highest BCUT2D eigenvalue weighted by molar-refractivity contribution is 7.93. The molecule has 0 bridgehead atoms. The van der Waals surface area contributed by atoms with Crippen LogP contribution < -0.4 is 5.73 Å². The Morgan fingerprint density at radius 1 is 1.39 bits per heavy atom. The summed E-state index contributed by atoms with van der Waals surface area (Å²) < 4.78 is 18.4. The zero-order valence-electron chi connectivity index (χ0n) is 12.7. The van der Waals surface area contributed by atoms with E-state index in [1.54, 1.807) is 18.5 Å². The third kappa shape index (κ3) is 2.66. The highest BCUT2D eigenvalue weighted by atomic mass is 32.2. The summed E-state index contributed by atoms with van der Waals surface area (Å²) >= 11 is 0. The number of nitrogens with two attached hydrogens (primary N) is 1. The van der Waals surface area contributed by atoms with Crippen LogP contribution in [0, 0.1) is 5.92 Å². The van der Waals surface area contributed by atoms with Crippen molar-refractivity contribution >= 4 is 21.3 Å². The molecular weight excluding hydrogens is 314 g/mol. The fraction of sp³-hybridized carbons (Fsp3) is 0.533. The van der Waals surface area contributed by atoms with Crippen molar-refractivity contribution in [3.63, 3.8) is 0 Å². The number of aromatic nitrogens is 3. The molecule has 23 heavy (non-hydrogen) atoms. The molecule has 2 aromatic rings. The lowest BCUT2D eigenvalue weighted by molar-refractivity contribution is 0.101. The van der Waals surface area contributed by atoms with E-state index in [2.05, 4.69) is 14.4 Å². The summed E-state index contributed by atoms with van der Waals surface area (Å²) in [4.78, 5) is 16.6. The summed E-state index contributed by atoms with van der Waals surface area (Å²) in [6.45, 7) is 0. The Morgan fingerprint density at radius 2 is 2.13 bits per heavy atom. The number of carbonyl (C=O) groups is 1. The van der Waals surface area contributed by atoms with E-state index < -0.39 is 15.6 Å². The number of hydrogen-bond acceptors (Lipinski definition) is 5. The third-order valence-corrected chi connectivity index (χ3v) is 7.22. The first-order valence-electron chi connectivity index (χ1n) is 7.83. The molecule has 2 fully saturated rings. The Labute approximate surface area is 134 Å². The van der Waals surface area contributed by atoms with Gasteiger partial charge < -0.3 is 5.73 Å². The summed E-state index contributed by atoms with van der Waals surface area (Å²) in [5.41, 5.74) is 6.94. The second-order valence-electron chi connectivity index (χ2n) is 6.53. The molecule has 8 heteroatoms. The van der Waals surface area contributed by atoms with E-state index in [9.17, 15) is 9.00 Å². The van der Waals surface area contributed by atoms with E-state index >= 15 is 0 Å². The maximum atomic E-state index is 12.9. The topological polar surface area (TPSA) is 103 Å². The van der Waals surface area contributed by atoms with Crippen molar-refractivity contribution in [1.82, 2.24) is 14.6 Å². The number of carbonyl (C=O) groups excluding carboxylic acids is 1. The van der Waals surface area contributed by atoms with Gasteiger partial charge in [-0.15, -0.1) is 0 Å². The molecule has 122 valence electrons. The Bertz CT molecular complexity index is 878. The molecule has 2 N–H and O–H groups in total. The van der Waals surface area contributed by atoms with Gasteiger partial charge in [0.25, 0.3) is 5.91 Å². The highest BCUT2D eigenvalue weighted by Crippen LogP contribution is 2.44. The molecule has 0 aromatic carbocycles. The molecule has 4 rings (SSSR count). The molecule has 0 unspecified atom stereocenters. The van der Waals surface area contributed by atoms with Crippen molar-refractivity contribution < 1.29 is 9.00 Å². The minimum absolute atomic E-state index is 0.0445. The Kier molecular flexibility index (Phi) is 3.28. The molecular formula is C15H19N5O2S. The maximum Gasteiger partial charge on any atom is 0.290 e. The molecule has 7 nitrogen and oxygen atoms in total. The lowest BCUT2D eigenvalue weighted by Gasteiger charge is -2.28. The maximum absolute atomic E-state index is 12.9. The molecule has 1 amide bonds. The van der Waals surface area contributed by atoms with Crippen LogP contribution in [0.5, 0.6) is 0 Å². The van der Waals surface area contributed by atoms with Crippen LogP contribution in [-0.2, 0) is 9.73 Å². The van der Waals surface area contributed by atoms with Crippen LogP contribution in [0.1, 0.15) is 36.0 Å². The van der Waals surface area contributed by atoms with Gasteiger partial charge in [0.05, 0.1) is 15.9 Å². The summed E-state index contributed by atoms with van der Waals surface area (Å²) in [6, 6.07) is 1.73. The van der Waals surface area contributed by atoms with Crippen molar-refractivity contribution in [2.45, 2.75) is 31.2 Å². The minimum atomic E-state index is -2.49. The molecule has 0 atom stereocenters. The van der Waals surface area contributed by atoms with E-state index in [1.165, 1.54) is 10.7 Å². The Hall–Kier alpha value is -1.80. The van der Waals surface area contributed by atoms with Gasteiger partial charge in [0, 0.05) is 29.4 Å². The second kappa shape index (κ2) is 5.10. The quantitative estimate of drug-likeness (QED) is 0.890. The zero-order chi connectivity index (χ0) is 16.1. The molecule has 1 saturated heterocycles. The van der Waals surface area contributed by atoms with Crippen LogP contribution in [0.15, 0.2) is 29.0 Å². The standard InChI is InChI=1S/C15H19N5O2S/c16-15(4-5-15)11-2-8-23(22,9-3-11)19-14(21)12-10-18-20-7-1-6-17-13(12)20/h1,6-7,10-11H,2-5,8-9,16H2. The van der Waals surface area contributed by atoms with Crippen molar-refractivity contribution in [3.05, 3.63) is 30.2 Å². The molecule has 1 aliphatic carbocycles. The number of amides is 1. The Balaban J connectivity index is 1.57. The van der Waals surface area contributed by atoms with Crippen LogP contribution in [0.3, 0.4) is 0 Å². The predicted octanol–water partition coefficient (Wildman–Crippen LogP) is 1.24. The average molecular weight is 333 g/mol. The molecule has 0 radical (unpaired) electrons. The van der Waals surface area contributed by atoms with Gasteiger partial charge in [0.2, 0.25) is 0 Å². The van der Waals surface area contributed by atoms with Crippen molar-refractivity contribution in [2.24, 2.45) is 16.0 Å².